The lowest BCUT2D eigenvalue weighted by atomic mass is 10.1. The average molecular weight is 390 g/mol. The molecular formula is C22H26N6O. The molecule has 0 atom stereocenters. The van der Waals surface area contributed by atoms with Crippen molar-refractivity contribution in [2.75, 3.05) is 23.3 Å². The molecule has 0 aliphatic carbocycles. The molecule has 150 valence electrons. The first kappa shape index (κ1) is 19.1. The summed E-state index contributed by atoms with van der Waals surface area (Å²) in [7, 11) is 0. The molecule has 7 nitrogen and oxygen atoms in total. The van der Waals surface area contributed by atoms with E-state index in [2.05, 4.69) is 56.6 Å². The molecule has 1 aliphatic rings. The normalized spacial score (nSPS) is 15.2. The molecule has 3 aromatic rings. The number of hydrogen-bond donors (Lipinski definition) is 3. The maximum absolute atomic E-state index is 9.82. The summed E-state index contributed by atoms with van der Waals surface area (Å²) in [6.07, 6.45) is 5.22. The quantitative estimate of drug-likeness (QED) is 0.616. The van der Waals surface area contributed by atoms with E-state index in [1.54, 1.807) is 0 Å². The van der Waals surface area contributed by atoms with Gasteiger partial charge in [-0.3, -0.25) is 5.10 Å². The number of aromatic amines is 1. The lowest BCUT2D eigenvalue weighted by Gasteiger charge is -2.30. The number of nitrogens with zero attached hydrogens (tertiary/aromatic N) is 4. The van der Waals surface area contributed by atoms with E-state index >= 15 is 0 Å². The topological polar surface area (TPSA) is 90.0 Å². The Bertz CT molecular complexity index is 987. The van der Waals surface area contributed by atoms with Gasteiger partial charge in [0.1, 0.15) is 11.6 Å². The molecule has 0 unspecified atom stereocenters. The Morgan fingerprint density at radius 2 is 1.79 bits per heavy atom. The number of rotatable bonds is 5. The number of hydrogen-bond acceptors (Lipinski definition) is 6. The van der Waals surface area contributed by atoms with Crippen molar-refractivity contribution in [1.29, 1.82) is 0 Å². The van der Waals surface area contributed by atoms with Gasteiger partial charge >= 0.3 is 0 Å². The maximum atomic E-state index is 9.82. The fourth-order valence-corrected chi connectivity index (χ4v) is 3.31. The molecule has 29 heavy (non-hydrogen) atoms. The summed E-state index contributed by atoms with van der Waals surface area (Å²) in [5.41, 5.74) is 3.31. The number of anilines is 3. The van der Waals surface area contributed by atoms with Gasteiger partial charge in [-0.15, -0.1) is 0 Å². The van der Waals surface area contributed by atoms with E-state index in [9.17, 15) is 5.11 Å². The second kappa shape index (κ2) is 8.45. The fraction of sp³-hybridized carbons (Fsp3) is 0.318. The SMILES string of the molecule is Cc1ccc(C=Cc2nc(Nc3cc(C)[nH]n3)cc(N3CCC(O)CC3)n2)cc1. The molecule has 4 rings (SSSR count). The lowest BCUT2D eigenvalue weighted by Crippen LogP contribution is -2.36. The molecule has 1 aromatic carbocycles. The predicted molar refractivity (Wildman–Crippen MR) is 116 cm³/mol. The molecule has 2 aromatic heterocycles. The highest BCUT2D eigenvalue weighted by molar-refractivity contribution is 5.69. The number of H-pyrrole nitrogens is 1. The van der Waals surface area contributed by atoms with Crippen LogP contribution >= 0.6 is 0 Å². The zero-order valence-corrected chi connectivity index (χ0v) is 16.8. The maximum Gasteiger partial charge on any atom is 0.156 e. The molecule has 1 aliphatic heterocycles. The van der Waals surface area contributed by atoms with Crippen molar-refractivity contribution in [1.82, 2.24) is 20.2 Å². The molecule has 3 N–H and O–H groups in total. The van der Waals surface area contributed by atoms with Gasteiger partial charge in [0.05, 0.1) is 6.10 Å². The van der Waals surface area contributed by atoms with Crippen LogP contribution in [0.25, 0.3) is 12.2 Å². The Morgan fingerprint density at radius 1 is 1.03 bits per heavy atom. The minimum atomic E-state index is -0.224. The van der Waals surface area contributed by atoms with Crippen LogP contribution in [0.5, 0.6) is 0 Å². The second-order valence-electron chi connectivity index (χ2n) is 7.49. The van der Waals surface area contributed by atoms with E-state index in [1.807, 2.05) is 31.2 Å². The first-order valence-electron chi connectivity index (χ1n) is 9.91. The van der Waals surface area contributed by atoms with Crippen LogP contribution in [-0.4, -0.2) is 44.5 Å². The molecule has 0 bridgehead atoms. The number of aliphatic hydroxyl groups is 1. The highest BCUT2D eigenvalue weighted by Gasteiger charge is 2.19. The van der Waals surface area contributed by atoms with E-state index in [0.717, 1.165) is 48.8 Å². The van der Waals surface area contributed by atoms with Crippen LogP contribution in [0.3, 0.4) is 0 Å². The second-order valence-corrected chi connectivity index (χ2v) is 7.49. The van der Waals surface area contributed by atoms with Crippen molar-refractivity contribution in [2.24, 2.45) is 0 Å². The van der Waals surface area contributed by atoms with Crippen molar-refractivity contribution < 1.29 is 5.11 Å². The smallest absolute Gasteiger partial charge is 0.156 e. The summed E-state index contributed by atoms with van der Waals surface area (Å²) in [6.45, 7) is 5.59. The zero-order valence-electron chi connectivity index (χ0n) is 16.8. The van der Waals surface area contributed by atoms with Crippen molar-refractivity contribution >= 4 is 29.6 Å². The van der Waals surface area contributed by atoms with Gasteiger partial charge in [-0.1, -0.05) is 35.9 Å². The van der Waals surface area contributed by atoms with Gasteiger partial charge in [-0.05, 0) is 38.3 Å². The minimum Gasteiger partial charge on any atom is -0.393 e. The van der Waals surface area contributed by atoms with Crippen LogP contribution in [0.4, 0.5) is 17.5 Å². The Labute approximate surface area is 170 Å². The van der Waals surface area contributed by atoms with E-state index in [-0.39, 0.29) is 6.10 Å². The summed E-state index contributed by atoms with van der Waals surface area (Å²) in [5.74, 6) is 2.89. The van der Waals surface area contributed by atoms with Crippen molar-refractivity contribution in [2.45, 2.75) is 32.8 Å². The van der Waals surface area contributed by atoms with Crippen LogP contribution < -0.4 is 10.2 Å². The lowest BCUT2D eigenvalue weighted by molar-refractivity contribution is 0.145. The Hall–Kier alpha value is -3.19. The summed E-state index contributed by atoms with van der Waals surface area (Å²) in [4.78, 5) is 11.6. The molecule has 1 fully saturated rings. The Balaban J connectivity index is 1.62. The predicted octanol–water partition coefficient (Wildman–Crippen LogP) is 3.69. The number of piperidine rings is 1. The van der Waals surface area contributed by atoms with Crippen molar-refractivity contribution in [3.8, 4) is 0 Å². The summed E-state index contributed by atoms with van der Waals surface area (Å²) in [6, 6.07) is 12.2. The van der Waals surface area contributed by atoms with E-state index in [0.29, 0.717) is 11.6 Å². The Kier molecular flexibility index (Phi) is 5.57. The molecule has 3 heterocycles. The summed E-state index contributed by atoms with van der Waals surface area (Å²) < 4.78 is 0. The Morgan fingerprint density at radius 3 is 2.48 bits per heavy atom. The number of aryl methyl sites for hydroxylation is 2. The molecule has 0 saturated carbocycles. The first-order chi connectivity index (χ1) is 14.0. The summed E-state index contributed by atoms with van der Waals surface area (Å²) in [5, 5.41) is 20.2. The largest absolute Gasteiger partial charge is 0.393 e. The van der Waals surface area contributed by atoms with Crippen LogP contribution in [0.15, 0.2) is 36.4 Å². The van der Waals surface area contributed by atoms with E-state index in [1.165, 1.54) is 5.56 Å². The van der Waals surface area contributed by atoms with Gasteiger partial charge in [-0.2, -0.15) is 5.10 Å². The van der Waals surface area contributed by atoms with Gasteiger partial charge in [0.15, 0.2) is 11.6 Å². The minimum absolute atomic E-state index is 0.224. The highest BCUT2D eigenvalue weighted by Crippen LogP contribution is 2.23. The third-order valence-corrected chi connectivity index (χ3v) is 4.98. The van der Waals surface area contributed by atoms with Crippen LogP contribution in [-0.2, 0) is 0 Å². The third kappa shape index (κ3) is 5.00. The average Bonchev–Trinajstić information content (AvgIpc) is 3.12. The van der Waals surface area contributed by atoms with E-state index in [4.69, 9.17) is 4.98 Å². The van der Waals surface area contributed by atoms with Gasteiger partial charge in [0.2, 0.25) is 0 Å². The molecule has 0 amide bonds. The van der Waals surface area contributed by atoms with Crippen LogP contribution in [0.1, 0.15) is 35.5 Å². The van der Waals surface area contributed by atoms with E-state index < -0.39 is 0 Å². The number of aliphatic hydroxyl groups excluding tert-OH is 1. The molecule has 0 spiro atoms. The van der Waals surface area contributed by atoms with Crippen LogP contribution in [0, 0.1) is 13.8 Å². The van der Waals surface area contributed by atoms with Crippen molar-refractivity contribution in [3.63, 3.8) is 0 Å². The molecular weight excluding hydrogens is 364 g/mol. The van der Waals surface area contributed by atoms with Gasteiger partial charge in [0, 0.05) is 30.9 Å². The van der Waals surface area contributed by atoms with Crippen LogP contribution in [0.2, 0.25) is 0 Å². The summed E-state index contributed by atoms with van der Waals surface area (Å²) >= 11 is 0. The van der Waals surface area contributed by atoms with Crippen molar-refractivity contribution in [3.05, 3.63) is 59.0 Å². The molecule has 7 heteroatoms. The van der Waals surface area contributed by atoms with Gasteiger partial charge in [-0.25, -0.2) is 9.97 Å². The number of nitrogens with one attached hydrogen (secondary N) is 2. The molecule has 1 saturated heterocycles. The zero-order chi connectivity index (χ0) is 20.2. The van der Waals surface area contributed by atoms with Gasteiger partial charge < -0.3 is 15.3 Å². The monoisotopic (exact) mass is 390 g/mol. The fourth-order valence-electron chi connectivity index (χ4n) is 3.31. The standard InChI is InChI=1S/C22H26N6O/c1-15-3-5-17(6-4-15)7-8-19-23-20(24-21-13-16(2)26-27-21)14-22(25-19)28-11-9-18(29)10-12-28/h3-8,13-14,18,29H,9-12H2,1-2H3,(H2,23,24,25,26,27). The highest BCUT2D eigenvalue weighted by atomic mass is 16.3. The van der Waals surface area contributed by atoms with Gasteiger partial charge in [0.25, 0.3) is 0 Å². The number of benzene rings is 1. The third-order valence-electron chi connectivity index (χ3n) is 4.98. The first-order valence-corrected chi connectivity index (χ1v) is 9.91. The number of aromatic nitrogens is 4. The molecule has 0 radical (unpaired) electrons.